The number of imidazole rings is 2. The van der Waals surface area contributed by atoms with Crippen LogP contribution in [0.5, 0.6) is 0 Å². The Hall–Kier alpha value is -1.62. The molecule has 2 rings (SSSR count). The quantitative estimate of drug-likeness (QED) is 0.756. The van der Waals surface area contributed by atoms with Gasteiger partial charge < -0.3 is 14.2 Å². The average molecular weight is 192 g/mol. The highest BCUT2D eigenvalue weighted by Gasteiger charge is 1.99. The summed E-state index contributed by atoms with van der Waals surface area (Å²) in [7, 11) is 0. The minimum absolute atomic E-state index is 0.0169. The van der Waals surface area contributed by atoms with Crippen LogP contribution in [0.15, 0.2) is 31.1 Å². The number of nitrogens with zero attached hydrogens (tertiary/aromatic N) is 4. The van der Waals surface area contributed by atoms with Crippen molar-refractivity contribution < 1.29 is 5.11 Å². The Morgan fingerprint density at radius 3 is 2.86 bits per heavy atom. The summed E-state index contributed by atoms with van der Waals surface area (Å²) in [5.74, 6) is 0.699. The molecule has 0 saturated carbocycles. The maximum absolute atomic E-state index is 8.96. The fourth-order valence-electron chi connectivity index (χ4n) is 1.34. The van der Waals surface area contributed by atoms with Crippen LogP contribution < -0.4 is 0 Å². The molecule has 2 heterocycles. The zero-order valence-corrected chi connectivity index (χ0v) is 7.74. The molecule has 5 heteroatoms. The molecule has 0 unspecified atom stereocenters. The van der Waals surface area contributed by atoms with Gasteiger partial charge in [0, 0.05) is 37.9 Å². The number of hydrogen-bond acceptors (Lipinski definition) is 3. The molecular formula is C9H12N4O. The van der Waals surface area contributed by atoms with Crippen LogP contribution in [0, 0.1) is 0 Å². The van der Waals surface area contributed by atoms with Gasteiger partial charge in [0.05, 0.1) is 6.33 Å². The van der Waals surface area contributed by atoms with Crippen molar-refractivity contribution in [2.24, 2.45) is 0 Å². The summed E-state index contributed by atoms with van der Waals surface area (Å²) in [6, 6.07) is 0. The van der Waals surface area contributed by atoms with Gasteiger partial charge in [0.25, 0.3) is 0 Å². The van der Waals surface area contributed by atoms with Gasteiger partial charge in [-0.05, 0) is 0 Å². The van der Waals surface area contributed by atoms with E-state index in [1.807, 2.05) is 21.5 Å². The van der Waals surface area contributed by atoms with Gasteiger partial charge >= 0.3 is 0 Å². The first-order chi connectivity index (χ1) is 6.90. The van der Waals surface area contributed by atoms with E-state index in [0.717, 1.165) is 13.1 Å². The van der Waals surface area contributed by atoms with Crippen molar-refractivity contribution in [3.8, 4) is 0 Å². The highest BCUT2D eigenvalue weighted by atomic mass is 16.3. The molecule has 74 valence electrons. The second-order valence-corrected chi connectivity index (χ2v) is 3.00. The van der Waals surface area contributed by atoms with E-state index in [1.165, 1.54) is 0 Å². The van der Waals surface area contributed by atoms with E-state index in [0.29, 0.717) is 5.82 Å². The smallest absolute Gasteiger partial charge is 0.134 e. The summed E-state index contributed by atoms with van der Waals surface area (Å²) >= 11 is 0. The number of hydrogen-bond donors (Lipinski definition) is 1. The van der Waals surface area contributed by atoms with Gasteiger partial charge in [0.15, 0.2) is 0 Å². The third-order valence-electron chi connectivity index (χ3n) is 2.10. The zero-order chi connectivity index (χ0) is 9.80. The molecule has 0 aliphatic heterocycles. The highest BCUT2D eigenvalue weighted by molar-refractivity contribution is 4.90. The molecule has 5 nitrogen and oxygen atoms in total. The summed E-state index contributed by atoms with van der Waals surface area (Å²) in [4.78, 5) is 7.98. The van der Waals surface area contributed by atoms with Crippen LogP contribution in [-0.4, -0.2) is 24.2 Å². The van der Waals surface area contributed by atoms with Crippen LogP contribution in [0.4, 0.5) is 0 Å². The summed E-state index contributed by atoms with van der Waals surface area (Å²) in [6.45, 7) is 1.62. The first-order valence-electron chi connectivity index (χ1n) is 4.47. The van der Waals surface area contributed by atoms with Crippen LogP contribution in [0.2, 0.25) is 0 Å². The molecule has 0 saturated heterocycles. The van der Waals surface area contributed by atoms with Gasteiger partial charge in [0.2, 0.25) is 0 Å². The molecule has 0 aliphatic rings. The predicted octanol–water partition coefficient (Wildman–Crippen LogP) is 0.272. The third-order valence-corrected chi connectivity index (χ3v) is 2.10. The number of aryl methyl sites for hydroxylation is 2. The van der Waals surface area contributed by atoms with Crippen LogP contribution in [0.1, 0.15) is 5.82 Å². The Labute approximate surface area is 81.7 Å². The molecule has 0 atom stereocenters. The van der Waals surface area contributed by atoms with Gasteiger partial charge in [-0.15, -0.1) is 0 Å². The second kappa shape index (κ2) is 4.06. The molecule has 0 radical (unpaired) electrons. The van der Waals surface area contributed by atoms with Crippen LogP contribution >= 0.6 is 0 Å². The Kier molecular flexibility index (Phi) is 2.60. The first-order valence-corrected chi connectivity index (χ1v) is 4.47. The van der Waals surface area contributed by atoms with Crippen LogP contribution in [0.3, 0.4) is 0 Å². The molecule has 2 aromatic heterocycles. The van der Waals surface area contributed by atoms with Crippen LogP contribution in [0.25, 0.3) is 0 Å². The minimum Gasteiger partial charge on any atom is -0.388 e. The van der Waals surface area contributed by atoms with Crippen molar-refractivity contribution >= 4 is 0 Å². The molecule has 0 spiro atoms. The number of aromatic nitrogens is 4. The lowest BCUT2D eigenvalue weighted by Gasteiger charge is -2.06. The molecule has 14 heavy (non-hydrogen) atoms. The lowest BCUT2D eigenvalue weighted by atomic mass is 10.5. The van der Waals surface area contributed by atoms with E-state index in [2.05, 4.69) is 9.97 Å². The number of rotatable bonds is 4. The number of aliphatic hydroxyl groups excluding tert-OH is 1. The fourth-order valence-corrected chi connectivity index (χ4v) is 1.34. The minimum atomic E-state index is -0.0169. The lowest BCUT2D eigenvalue weighted by Crippen LogP contribution is -2.08. The molecule has 0 amide bonds. The van der Waals surface area contributed by atoms with Gasteiger partial charge in [-0.3, -0.25) is 0 Å². The van der Waals surface area contributed by atoms with Crippen LogP contribution in [-0.2, 0) is 19.7 Å². The maximum Gasteiger partial charge on any atom is 0.134 e. The predicted molar refractivity (Wildman–Crippen MR) is 50.4 cm³/mol. The average Bonchev–Trinajstić information content (AvgIpc) is 2.85. The van der Waals surface area contributed by atoms with Gasteiger partial charge in [-0.2, -0.15) is 0 Å². The normalized spacial score (nSPS) is 10.6. The molecule has 0 aromatic carbocycles. The topological polar surface area (TPSA) is 55.9 Å². The van der Waals surface area contributed by atoms with Crippen molar-refractivity contribution in [2.45, 2.75) is 19.7 Å². The maximum atomic E-state index is 8.96. The standard InChI is InChI=1S/C9H12N4O/c14-7-9-11-2-4-13(9)6-5-12-3-1-10-8-12/h1-4,8,14H,5-7H2. The van der Waals surface area contributed by atoms with Gasteiger partial charge in [-0.1, -0.05) is 0 Å². The molecule has 0 bridgehead atoms. The molecule has 1 N–H and O–H groups in total. The van der Waals surface area contributed by atoms with E-state index in [1.54, 1.807) is 18.7 Å². The molecule has 2 aromatic rings. The summed E-state index contributed by atoms with van der Waals surface area (Å²) < 4.78 is 3.92. The van der Waals surface area contributed by atoms with Crippen molar-refractivity contribution in [1.82, 2.24) is 19.1 Å². The second-order valence-electron chi connectivity index (χ2n) is 3.00. The summed E-state index contributed by atoms with van der Waals surface area (Å²) in [5.41, 5.74) is 0. The number of aliphatic hydroxyl groups is 1. The SMILES string of the molecule is OCc1nccn1CCn1ccnc1. The Balaban J connectivity index is 1.98. The highest BCUT2D eigenvalue weighted by Crippen LogP contribution is 1.98. The molecule has 0 aliphatic carbocycles. The monoisotopic (exact) mass is 192 g/mol. The summed E-state index contributed by atoms with van der Waals surface area (Å²) in [5, 5.41) is 8.96. The fraction of sp³-hybridized carbons (Fsp3) is 0.333. The van der Waals surface area contributed by atoms with Crippen molar-refractivity contribution in [3.05, 3.63) is 36.9 Å². The Morgan fingerprint density at radius 2 is 2.14 bits per heavy atom. The third kappa shape index (κ3) is 1.82. The van der Waals surface area contributed by atoms with Crippen molar-refractivity contribution in [2.75, 3.05) is 0 Å². The van der Waals surface area contributed by atoms with Gasteiger partial charge in [0.1, 0.15) is 12.4 Å². The molecular weight excluding hydrogens is 180 g/mol. The zero-order valence-electron chi connectivity index (χ0n) is 7.74. The van der Waals surface area contributed by atoms with E-state index >= 15 is 0 Å². The summed E-state index contributed by atoms with van der Waals surface area (Å²) in [6.07, 6.45) is 8.99. The lowest BCUT2D eigenvalue weighted by molar-refractivity contribution is 0.264. The van der Waals surface area contributed by atoms with Crippen molar-refractivity contribution in [3.63, 3.8) is 0 Å². The van der Waals surface area contributed by atoms with Gasteiger partial charge in [-0.25, -0.2) is 9.97 Å². The van der Waals surface area contributed by atoms with Crippen molar-refractivity contribution in [1.29, 1.82) is 0 Å². The first kappa shape index (κ1) is 8.96. The van der Waals surface area contributed by atoms with E-state index in [-0.39, 0.29) is 6.61 Å². The Bertz CT molecular complexity index is 379. The van der Waals surface area contributed by atoms with E-state index in [9.17, 15) is 0 Å². The van der Waals surface area contributed by atoms with E-state index < -0.39 is 0 Å². The van der Waals surface area contributed by atoms with E-state index in [4.69, 9.17) is 5.11 Å². The Morgan fingerprint density at radius 1 is 1.21 bits per heavy atom. The molecule has 0 fully saturated rings. The largest absolute Gasteiger partial charge is 0.388 e.